The van der Waals surface area contributed by atoms with Crippen LogP contribution in [0.15, 0.2) is 4.52 Å². The number of halogens is 4. The van der Waals surface area contributed by atoms with E-state index in [1.54, 1.807) is 0 Å². The Bertz CT molecular complexity index is 289. The summed E-state index contributed by atoms with van der Waals surface area (Å²) >= 11 is 5.28. The Morgan fingerprint density at radius 2 is 2.14 bits per heavy atom. The van der Waals surface area contributed by atoms with Crippen LogP contribution in [0.1, 0.15) is 5.82 Å². The van der Waals surface area contributed by atoms with Gasteiger partial charge in [0.1, 0.15) is 6.61 Å². The van der Waals surface area contributed by atoms with Crippen molar-refractivity contribution >= 4 is 11.6 Å². The van der Waals surface area contributed by atoms with Crippen molar-refractivity contribution in [2.24, 2.45) is 0 Å². The van der Waals surface area contributed by atoms with Crippen LogP contribution in [0.3, 0.4) is 0 Å². The fourth-order valence-electron chi connectivity index (χ4n) is 0.686. The lowest BCUT2D eigenvalue weighted by Gasteiger charge is -2.05. The van der Waals surface area contributed by atoms with E-state index in [4.69, 9.17) is 11.6 Å². The summed E-state index contributed by atoms with van der Waals surface area (Å²) in [6.07, 6.45) is -4.18. The minimum Gasteiger partial charge on any atom is -0.372 e. The van der Waals surface area contributed by atoms with Crippen LogP contribution in [-0.4, -0.2) is 29.5 Å². The third-order valence-corrected chi connectivity index (χ3v) is 1.33. The number of aromatic nitrogens is 2. The Morgan fingerprint density at radius 1 is 1.43 bits per heavy atom. The fraction of sp³-hybridized carbons (Fsp3) is 0.667. The highest BCUT2D eigenvalue weighted by Gasteiger charge is 2.27. The van der Waals surface area contributed by atoms with Crippen LogP contribution in [0.25, 0.3) is 0 Å². The van der Waals surface area contributed by atoms with E-state index < -0.39 is 12.8 Å². The van der Waals surface area contributed by atoms with E-state index in [2.05, 4.69) is 19.4 Å². The molecule has 0 aliphatic heterocycles. The first-order valence-corrected chi connectivity index (χ1v) is 3.98. The predicted molar refractivity (Wildman–Crippen MR) is 39.9 cm³/mol. The number of alkyl halides is 3. The first-order chi connectivity index (χ1) is 6.47. The lowest BCUT2D eigenvalue weighted by molar-refractivity contribution is -0.173. The molecule has 0 saturated heterocycles. The van der Waals surface area contributed by atoms with Crippen LogP contribution in [0, 0.1) is 0 Å². The molecule has 1 aromatic heterocycles. The molecule has 80 valence electrons. The van der Waals surface area contributed by atoms with E-state index in [0.717, 1.165) is 0 Å². The molecule has 1 rings (SSSR count). The van der Waals surface area contributed by atoms with Crippen molar-refractivity contribution in [2.75, 3.05) is 13.2 Å². The molecule has 0 spiro atoms. The maximum absolute atomic E-state index is 11.6. The van der Waals surface area contributed by atoms with E-state index in [1.807, 2.05) is 0 Å². The van der Waals surface area contributed by atoms with Gasteiger partial charge in [-0.15, -0.1) is 0 Å². The summed E-state index contributed by atoms with van der Waals surface area (Å²) < 4.78 is 43.5. The van der Waals surface area contributed by atoms with E-state index >= 15 is 0 Å². The molecule has 0 saturated carbocycles. The van der Waals surface area contributed by atoms with Crippen molar-refractivity contribution in [3.63, 3.8) is 0 Å². The average molecular weight is 231 g/mol. The summed E-state index contributed by atoms with van der Waals surface area (Å²) in [5.74, 6) is 0.220. The first kappa shape index (κ1) is 11.3. The van der Waals surface area contributed by atoms with Crippen LogP contribution in [0.5, 0.6) is 0 Å². The third kappa shape index (κ3) is 4.43. The first-order valence-electron chi connectivity index (χ1n) is 3.60. The van der Waals surface area contributed by atoms with E-state index in [1.165, 1.54) is 0 Å². The monoisotopic (exact) mass is 230 g/mol. The van der Waals surface area contributed by atoms with Gasteiger partial charge in [0.15, 0.2) is 5.82 Å². The summed E-state index contributed by atoms with van der Waals surface area (Å²) in [6, 6.07) is 0. The molecule has 0 fully saturated rings. The average Bonchev–Trinajstić information content (AvgIpc) is 2.44. The Kier molecular flexibility index (Phi) is 3.70. The van der Waals surface area contributed by atoms with Gasteiger partial charge in [0.05, 0.1) is 6.61 Å². The SMILES string of the molecule is FC(F)(F)COCCc1noc(Cl)n1. The second-order valence-corrected chi connectivity index (χ2v) is 2.70. The lowest BCUT2D eigenvalue weighted by atomic mass is 10.4. The topological polar surface area (TPSA) is 48.2 Å². The standard InChI is InChI=1S/C6H6ClF3N2O2/c7-5-11-4(12-14-5)1-2-13-3-6(8,9)10/h1-3H2. The van der Waals surface area contributed by atoms with Crippen molar-refractivity contribution in [2.45, 2.75) is 12.6 Å². The van der Waals surface area contributed by atoms with Gasteiger partial charge >= 0.3 is 11.5 Å². The van der Waals surface area contributed by atoms with E-state index in [9.17, 15) is 13.2 Å². The molecule has 8 heteroatoms. The Balaban J connectivity index is 2.16. The normalized spacial score (nSPS) is 12.0. The van der Waals surface area contributed by atoms with Crippen LogP contribution in [0.2, 0.25) is 5.35 Å². The van der Waals surface area contributed by atoms with Crippen molar-refractivity contribution in [3.8, 4) is 0 Å². The smallest absolute Gasteiger partial charge is 0.372 e. The molecular weight excluding hydrogens is 225 g/mol. The number of ether oxygens (including phenoxy) is 1. The van der Waals surface area contributed by atoms with Crippen molar-refractivity contribution in [1.29, 1.82) is 0 Å². The summed E-state index contributed by atoms with van der Waals surface area (Å²) in [4.78, 5) is 3.57. The molecule has 1 aromatic rings. The maximum atomic E-state index is 11.6. The van der Waals surface area contributed by atoms with Gasteiger partial charge in [-0.3, -0.25) is 0 Å². The largest absolute Gasteiger partial charge is 0.411 e. The summed E-state index contributed by atoms with van der Waals surface area (Å²) in [5.41, 5.74) is 0. The molecule has 1 heterocycles. The molecule has 4 nitrogen and oxygen atoms in total. The molecule has 0 aromatic carbocycles. The van der Waals surface area contributed by atoms with Crippen LogP contribution >= 0.6 is 11.6 Å². The zero-order valence-corrected chi connectivity index (χ0v) is 7.60. The van der Waals surface area contributed by atoms with E-state index in [0.29, 0.717) is 0 Å². The van der Waals surface area contributed by atoms with Crippen molar-refractivity contribution < 1.29 is 22.4 Å². The second kappa shape index (κ2) is 4.61. The fourth-order valence-corrected chi connectivity index (χ4v) is 0.818. The summed E-state index contributed by atoms with van der Waals surface area (Å²) in [5, 5.41) is 3.23. The quantitative estimate of drug-likeness (QED) is 0.741. The zero-order chi connectivity index (χ0) is 10.6. The molecule has 0 bridgehead atoms. The molecule has 14 heavy (non-hydrogen) atoms. The van der Waals surface area contributed by atoms with Crippen molar-refractivity contribution in [3.05, 3.63) is 11.2 Å². The molecule has 0 amide bonds. The van der Waals surface area contributed by atoms with Crippen LogP contribution in [-0.2, 0) is 11.2 Å². The molecule has 0 aliphatic rings. The Hall–Kier alpha value is -0.820. The summed E-state index contributed by atoms with van der Waals surface area (Å²) in [7, 11) is 0. The van der Waals surface area contributed by atoms with Crippen molar-refractivity contribution in [1.82, 2.24) is 10.1 Å². The third-order valence-electron chi connectivity index (χ3n) is 1.18. The maximum Gasteiger partial charge on any atom is 0.411 e. The molecule has 0 unspecified atom stereocenters. The highest BCUT2D eigenvalue weighted by Crippen LogP contribution is 2.14. The van der Waals surface area contributed by atoms with Gasteiger partial charge in [-0.25, -0.2) is 0 Å². The van der Waals surface area contributed by atoms with Crippen LogP contribution in [0.4, 0.5) is 13.2 Å². The van der Waals surface area contributed by atoms with Gasteiger partial charge < -0.3 is 9.26 Å². The van der Waals surface area contributed by atoms with E-state index in [-0.39, 0.29) is 24.2 Å². The lowest BCUT2D eigenvalue weighted by Crippen LogP contribution is -2.18. The van der Waals surface area contributed by atoms with Crippen LogP contribution < -0.4 is 0 Å². The highest BCUT2D eigenvalue weighted by molar-refractivity contribution is 6.27. The van der Waals surface area contributed by atoms with Gasteiger partial charge in [-0.1, -0.05) is 5.16 Å². The summed E-state index contributed by atoms with van der Waals surface area (Å²) in [6.45, 7) is -1.41. The minimum atomic E-state index is -4.31. The molecule has 0 radical (unpaired) electrons. The molecular formula is C6H6ClF3N2O2. The minimum absolute atomic E-state index is 0.130. The Labute approximate surface area is 82.0 Å². The predicted octanol–water partition coefficient (Wildman–Crippen LogP) is 1.84. The van der Waals surface area contributed by atoms with Gasteiger partial charge in [0, 0.05) is 6.42 Å². The molecule has 0 aliphatic carbocycles. The number of hydrogen-bond acceptors (Lipinski definition) is 4. The van der Waals surface area contributed by atoms with Gasteiger partial charge in [-0.05, 0) is 11.6 Å². The van der Waals surface area contributed by atoms with Gasteiger partial charge in [0.25, 0.3) is 0 Å². The number of nitrogens with zero attached hydrogens (tertiary/aromatic N) is 2. The second-order valence-electron chi connectivity index (χ2n) is 2.38. The Morgan fingerprint density at radius 3 is 2.64 bits per heavy atom. The number of hydrogen-bond donors (Lipinski definition) is 0. The van der Waals surface area contributed by atoms with Gasteiger partial charge in [-0.2, -0.15) is 18.2 Å². The van der Waals surface area contributed by atoms with Gasteiger partial charge in [0.2, 0.25) is 0 Å². The zero-order valence-electron chi connectivity index (χ0n) is 6.84. The molecule has 0 atom stereocenters. The molecule has 0 N–H and O–H groups in total. The number of rotatable bonds is 4. The highest BCUT2D eigenvalue weighted by atomic mass is 35.5.